The summed E-state index contributed by atoms with van der Waals surface area (Å²) < 4.78 is 16.6. The number of amides is 1. The van der Waals surface area contributed by atoms with Gasteiger partial charge in [-0.05, 0) is 56.5 Å². The van der Waals surface area contributed by atoms with Crippen molar-refractivity contribution in [2.75, 3.05) is 20.3 Å². The van der Waals surface area contributed by atoms with Crippen LogP contribution in [0.25, 0.3) is 0 Å². The molecule has 2 aromatic rings. The standard InChI is InChI=1S/C23H32N2O4/c1-17-8-6-7-9-19(17)16-29-20-11-10-18(14-21(20)27-5)15-24-12-13-28-22(26)25-23(2,3)4/h6-11,14,24H,12-13,15-16H2,1-5H3,(H,25,26). The Morgan fingerprint density at radius 1 is 1.07 bits per heavy atom. The second-order valence-electron chi connectivity index (χ2n) is 7.89. The van der Waals surface area contributed by atoms with Gasteiger partial charge in [0, 0.05) is 18.6 Å². The molecule has 0 atom stereocenters. The highest BCUT2D eigenvalue weighted by Crippen LogP contribution is 2.29. The van der Waals surface area contributed by atoms with E-state index in [4.69, 9.17) is 14.2 Å². The summed E-state index contributed by atoms with van der Waals surface area (Å²) in [5.41, 5.74) is 3.11. The van der Waals surface area contributed by atoms with Gasteiger partial charge >= 0.3 is 6.09 Å². The van der Waals surface area contributed by atoms with Crippen LogP contribution in [0.15, 0.2) is 42.5 Å². The summed E-state index contributed by atoms with van der Waals surface area (Å²) in [7, 11) is 1.63. The van der Waals surface area contributed by atoms with Gasteiger partial charge in [-0.3, -0.25) is 0 Å². The van der Waals surface area contributed by atoms with E-state index in [9.17, 15) is 4.79 Å². The molecule has 0 aliphatic heterocycles. The second-order valence-corrected chi connectivity index (χ2v) is 7.89. The fraction of sp³-hybridized carbons (Fsp3) is 0.435. The van der Waals surface area contributed by atoms with Gasteiger partial charge in [-0.1, -0.05) is 30.3 Å². The molecule has 0 radical (unpaired) electrons. The molecule has 0 unspecified atom stereocenters. The maximum Gasteiger partial charge on any atom is 0.407 e. The maximum absolute atomic E-state index is 11.6. The fourth-order valence-corrected chi connectivity index (χ4v) is 2.66. The number of aryl methyl sites for hydroxylation is 1. The van der Waals surface area contributed by atoms with E-state index in [0.29, 0.717) is 37.8 Å². The topological polar surface area (TPSA) is 68.8 Å². The molecular formula is C23H32N2O4. The molecule has 6 nitrogen and oxygen atoms in total. The number of benzene rings is 2. The van der Waals surface area contributed by atoms with Gasteiger partial charge in [0.05, 0.1) is 7.11 Å². The third-order valence-electron chi connectivity index (χ3n) is 4.19. The number of hydrogen-bond donors (Lipinski definition) is 2. The van der Waals surface area contributed by atoms with Crippen LogP contribution in [0.5, 0.6) is 11.5 Å². The second kappa shape index (κ2) is 10.7. The van der Waals surface area contributed by atoms with Crippen molar-refractivity contribution in [3.8, 4) is 11.5 Å². The van der Waals surface area contributed by atoms with Crippen LogP contribution in [-0.4, -0.2) is 31.9 Å². The zero-order chi connectivity index (χ0) is 21.3. The molecule has 0 aliphatic carbocycles. The smallest absolute Gasteiger partial charge is 0.407 e. The molecule has 2 aromatic carbocycles. The van der Waals surface area contributed by atoms with Crippen molar-refractivity contribution in [3.05, 3.63) is 59.2 Å². The van der Waals surface area contributed by atoms with Crippen molar-refractivity contribution in [2.45, 2.75) is 46.4 Å². The Labute approximate surface area is 173 Å². The first-order valence-corrected chi connectivity index (χ1v) is 9.78. The van der Waals surface area contributed by atoms with Crippen LogP contribution in [-0.2, 0) is 17.9 Å². The van der Waals surface area contributed by atoms with E-state index in [1.165, 1.54) is 5.56 Å². The number of ether oxygens (including phenoxy) is 3. The number of hydrogen-bond acceptors (Lipinski definition) is 5. The van der Waals surface area contributed by atoms with Crippen LogP contribution >= 0.6 is 0 Å². The lowest BCUT2D eigenvalue weighted by Gasteiger charge is -2.20. The first-order valence-electron chi connectivity index (χ1n) is 9.78. The van der Waals surface area contributed by atoms with Crippen molar-refractivity contribution in [1.29, 1.82) is 0 Å². The average molecular weight is 401 g/mol. The van der Waals surface area contributed by atoms with Crippen LogP contribution in [0, 0.1) is 6.92 Å². The minimum Gasteiger partial charge on any atom is -0.493 e. The van der Waals surface area contributed by atoms with Gasteiger partial charge in [-0.2, -0.15) is 0 Å². The lowest BCUT2D eigenvalue weighted by Crippen LogP contribution is -2.41. The lowest BCUT2D eigenvalue weighted by molar-refractivity contribution is 0.138. The van der Waals surface area contributed by atoms with E-state index < -0.39 is 6.09 Å². The average Bonchev–Trinajstić information content (AvgIpc) is 2.66. The van der Waals surface area contributed by atoms with E-state index in [1.807, 2.05) is 51.1 Å². The summed E-state index contributed by atoms with van der Waals surface area (Å²) in [6, 6.07) is 14.0. The van der Waals surface area contributed by atoms with Crippen LogP contribution < -0.4 is 20.1 Å². The van der Waals surface area contributed by atoms with E-state index in [-0.39, 0.29) is 5.54 Å². The molecule has 0 bridgehead atoms. The van der Waals surface area contributed by atoms with Gasteiger partial charge in [0.15, 0.2) is 11.5 Å². The quantitative estimate of drug-likeness (QED) is 0.618. The highest BCUT2D eigenvalue weighted by Gasteiger charge is 2.14. The zero-order valence-electron chi connectivity index (χ0n) is 18.0. The zero-order valence-corrected chi connectivity index (χ0v) is 18.0. The minimum atomic E-state index is -0.406. The number of nitrogens with one attached hydrogen (secondary N) is 2. The molecule has 0 fully saturated rings. The normalized spacial score (nSPS) is 11.1. The summed E-state index contributed by atoms with van der Waals surface area (Å²) in [6.45, 7) is 9.80. The summed E-state index contributed by atoms with van der Waals surface area (Å²) in [4.78, 5) is 11.6. The van der Waals surface area contributed by atoms with Gasteiger partial charge in [0.25, 0.3) is 0 Å². The van der Waals surface area contributed by atoms with Crippen LogP contribution in [0.2, 0.25) is 0 Å². The molecule has 0 heterocycles. The number of methoxy groups -OCH3 is 1. The third-order valence-corrected chi connectivity index (χ3v) is 4.19. The molecular weight excluding hydrogens is 368 g/mol. The van der Waals surface area contributed by atoms with Gasteiger partial charge in [-0.15, -0.1) is 0 Å². The first-order chi connectivity index (χ1) is 13.8. The highest BCUT2D eigenvalue weighted by atomic mass is 16.5. The minimum absolute atomic E-state index is 0.301. The molecule has 29 heavy (non-hydrogen) atoms. The summed E-state index contributed by atoms with van der Waals surface area (Å²) in [6.07, 6.45) is -0.406. The molecule has 6 heteroatoms. The van der Waals surface area contributed by atoms with Gasteiger partial charge < -0.3 is 24.8 Å². The number of rotatable bonds is 9. The Bertz CT molecular complexity index is 800. The summed E-state index contributed by atoms with van der Waals surface area (Å²) in [5, 5.41) is 6.01. The lowest BCUT2D eigenvalue weighted by atomic mass is 10.1. The maximum atomic E-state index is 11.6. The third kappa shape index (κ3) is 8.03. The predicted octanol–water partition coefficient (Wildman–Crippen LogP) is 4.20. The summed E-state index contributed by atoms with van der Waals surface area (Å²) >= 11 is 0. The molecule has 0 saturated heterocycles. The first kappa shape index (κ1) is 22.6. The van der Waals surface area contributed by atoms with Gasteiger partial charge in [0.1, 0.15) is 13.2 Å². The number of carbonyl (C=O) groups excluding carboxylic acids is 1. The Morgan fingerprint density at radius 2 is 1.83 bits per heavy atom. The Morgan fingerprint density at radius 3 is 2.52 bits per heavy atom. The van der Waals surface area contributed by atoms with Crippen LogP contribution in [0.1, 0.15) is 37.5 Å². The highest BCUT2D eigenvalue weighted by molar-refractivity contribution is 5.68. The fourth-order valence-electron chi connectivity index (χ4n) is 2.66. The van der Waals surface area contributed by atoms with Crippen molar-refractivity contribution in [1.82, 2.24) is 10.6 Å². The number of alkyl carbamates (subject to hydrolysis) is 1. The van der Waals surface area contributed by atoms with Crippen molar-refractivity contribution >= 4 is 6.09 Å². The molecule has 1 amide bonds. The molecule has 0 saturated carbocycles. The van der Waals surface area contributed by atoms with Crippen LogP contribution in [0.4, 0.5) is 4.79 Å². The largest absolute Gasteiger partial charge is 0.493 e. The van der Waals surface area contributed by atoms with Gasteiger partial charge in [-0.25, -0.2) is 4.79 Å². The van der Waals surface area contributed by atoms with Crippen molar-refractivity contribution < 1.29 is 19.0 Å². The monoisotopic (exact) mass is 400 g/mol. The predicted molar refractivity (Wildman–Crippen MR) is 114 cm³/mol. The Hall–Kier alpha value is -2.73. The van der Waals surface area contributed by atoms with E-state index in [2.05, 4.69) is 29.7 Å². The molecule has 0 aromatic heterocycles. The van der Waals surface area contributed by atoms with E-state index in [0.717, 1.165) is 11.1 Å². The molecule has 0 aliphatic rings. The Balaban J connectivity index is 1.79. The molecule has 2 N–H and O–H groups in total. The van der Waals surface area contributed by atoms with Crippen molar-refractivity contribution in [3.63, 3.8) is 0 Å². The van der Waals surface area contributed by atoms with E-state index in [1.54, 1.807) is 7.11 Å². The van der Waals surface area contributed by atoms with Crippen LogP contribution in [0.3, 0.4) is 0 Å². The SMILES string of the molecule is COc1cc(CNCCOC(=O)NC(C)(C)C)ccc1OCc1ccccc1C. The molecule has 158 valence electrons. The van der Waals surface area contributed by atoms with Gasteiger partial charge in [0.2, 0.25) is 0 Å². The molecule has 2 rings (SSSR count). The number of carbonyl (C=O) groups is 1. The Kier molecular flexibility index (Phi) is 8.34. The molecule has 0 spiro atoms. The van der Waals surface area contributed by atoms with Crippen molar-refractivity contribution in [2.24, 2.45) is 0 Å². The van der Waals surface area contributed by atoms with E-state index >= 15 is 0 Å². The summed E-state index contributed by atoms with van der Waals surface area (Å²) in [5.74, 6) is 1.40.